The Kier molecular flexibility index (Phi) is 7.74. The molecule has 7 heteroatoms. The van der Waals surface area contributed by atoms with Crippen molar-refractivity contribution in [1.82, 2.24) is 5.32 Å². The minimum atomic E-state index is -1.24. The number of nitrogens with one attached hydrogen (secondary N) is 1. The van der Waals surface area contributed by atoms with Crippen LogP contribution in [0, 0.1) is 11.8 Å². The molecule has 0 aromatic carbocycles. The van der Waals surface area contributed by atoms with Gasteiger partial charge in [0.2, 0.25) is 5.91 Å². The molecule has 0 aliphatic heterocycles. The Labute approximate surface area is 112 Å². The van der Waals surface area contributed by atoms with Crippen LogP contribution < -0.4 is 11.1 Å². The highest BCUT2D eigenvalue weighted by Gasteiger charge is 2.28. The predicted octanol–water partition coefficient (Wildman–Crippen LogP) is 0.0416. The predicted molar refractivity (Wildman–Crippen MR) is 68.4 cm³/mol. The molecule has 0 rings (SSSR count). The summed E-state index contributed by atoms with van der Waals surface area (Å²) in [6, 6.07) is -1.20. The zero-order valence-corrected chi connectivity index (χ0v) is 11.3. The van der Waals surface area contributed by atoms with Gasteiger partial charge in [-0.15, -0.1) is 0 Å². The number of nitrogens with two attached hydrogens (primary N) is 1. The maximum absolute atomic E-state index is 11.7. The average molecular weight is 274 g/mol. The third kappa shape index (κ3) is 6.19. The van der Waals surface area contributed by atoms with Crippen LogP contribution >= 0.6 is 0 Å². The zero-order chi connectivity index (χ0) is 15.0. The van der Waals surface area contributed by atoms with Crippen LogP contribution in [0.3, 0.4) is 0 Å². The summed E-state index contributed by atoms with van der Waals surface area (Å²) in [5, 5.41) is 20.4. The lowest BCUT2D eigenvalue weighted by atomic mass is 9.96. The molecule has 19 heavy (non-hydrogen) atoms. The number of rotatable bonds is 9. The van der Waals surface area contributed by atoms with Gasteiger partial charge in [0.1, 0.15) is 6.04 Å². The summed E-state index contributed by atoms with van der Waals surface area (Å²) in [5.41, 5.74) is 5.29. The van der Waals surface area contributed by atoms with Crippen LogP contribution in [-0.2, 0) is 14.4 Å². The van der Waals surface area contributed by atoms with Crippen molar-refractivity contribution in [2.45, 2.75) is 39.2 Å². The van der Waals surface area contributed by atoms with Gasteiger partial charge >= 0.3 is 11.9 Å². The van der Waals surface area contributed by atoms with Crippen molar-refractivity contribution in [2.75, 3.05) is 6.54 Å². The van der Waals surface area contributed by atoms with Gasteiger partial charge in [-0.25, -0.2) is 4.79 Å². The summed E-state index contributed by atoms with van der Waals surface area (Å²) in [4.78, 5) is 33.7. The Bertz CT molecular complexity index is 332. The fraction of sp³-hybridized carbons (Fsp3) is 0.750. The molecular formula is C12H22N2O5. The number of aliphatic carboxylic acids is 2. The third-order valence-electron chi connectivity index (χ3n) is 3.06. The van der Waals surface area contributed by atoms with E-state index in [9.17, 15) is 14.4 Å². The number of carboxylic acid groups (broad SMARTS) is 2. The molecule has 0 heterocycles. The summed E-state index contributed by atoms with van der Waals surface area (Å²) >= 11 is 0. The topological polar surface area (TPSA) is 130 Å². The monoisotopic (exact) mass is 274 g/mol. The van der Waals surface area contributed by atoms with Crippen molar-refractivity contribution in [2.24, 2.45) is 17.6 Å². The molecular weight excluding hydrogens is 252 g/mol. The van der Waals surface area contributed by atoms with E-state index in [1.807, 2.05) is 6.92 Å². The second kappa shape index (κ2) is 8.47. The summed E-state index contributed by atoms with van der Waals surface area (Å²) < 4.78 is 0. The summed E-state index contributed by atoms with van der Waals surface area (Å²) in [5.74, 6) is -3.90. The minimum Gasteiger partial charge on any atom is -0.481 e. The highest BCUT2D eigenvalue weighted by Crippen LogP contribution is 2.12. The molecule has 0 fully saturated rings. The molecule has 0 saturated heterocycles. The highest BCUT2D eigenvalue weighted by molar-refractivity contribution is 5.85. The molecule has 0 aliphatic rings. The fourth-order valence-corrected chi connectivity index (χ4v) is 1.55. The molecule has 2 unspecified atom stereocenters. The van der Waals surface area contributed by atoms with Gasteiger partial charge in [0, 0.05) is 5.92 Å². The van der Waals surface area contributed by atoms with Gasteiger partial charge in [-0.05, 0) is 25.8 Å². The van der Waals surface area contributed by atoms with E-state index in [0.717, 1.165) is 0 Å². The molecule has 0 bridgehead atoms. The molecule has 110 valence electrons. The van der Waals surface area contributed by atoms with Crippen LogP contribution in [0.25, 0.3) is 0 Å². The largest absolute Gasteiger partial charge is 0.481 e. The molecule has 5 N–H and O–H groups in total. The van der Waals surface area contributed by atoms with Crippen molar-refractivity contribution in [1.29, 1.82) is 0 Å². The molecule has 0 saturated carbocycles. The maximum atomic E-state index is 11.7. The number of amides is 1. The molecule has 0 aromatic heterocycles. The first-order valence-corrected chi connectivity index (χ1v) is 6.29. The second-order valence-electron chi connectivity index (χ2n) is 4.56. The Balaban J connectivity index is 4.68. The molecule has 0 aliphatic carbocycles. The van der Waals surface area contributed by atoms with Crippen LogP contribution in [0.2, 0.25) is 0 Å². The van der Waals surface area contributed by atoms with E-state index >= 15 is 0 Å². The van der Waals surface area contributed by atoms with E-state index in [1.165, 1.54) is 0 Å². The lowest BCUT2D eigenvalue weighted by Crippen LogP contribution is -2.45. The van der Waals surface area contributed by atoms with Crippen LogP contribution in [0.15, 0.2) is 0 Å². The van der Waals surface area contributed by atoms with E-state index in [2.05, 4.69) is 5.32 Å². The second-order valence-corrected chi connectivity index (χ2v) is 4.56. The smallest absolute Gasteiger partial charge is 0.326 e. The van der Waals surface area contributed by atoms with Crippen LogP contribution in [0.1, 0.15) is 33.1 Å². The number of carboxylic acids is 2. The standard InChI is InChI=1S/C12H22N2O5/c1-3-7(2)10(15)14-9(12(18)19)6-8(4-5-13)11(16)17/h7-9H,3-6,13H2,1-2H3,(H,14,15)(H,16,17)(H,18,19)/t7?,8?,9-/m0/s1. The lowest BCUT2D eigenvalue weighted by molar-refractivity contribution is -0.146. The Morgan fingerprint density at radius 2 is 1.79 bits per heavy atom. The Morgan fingerprint density at radius 1 is 1.21 bits per heavy atom. The summed E-state index contributed by atoms with van der Waals surface area (Å²) in [7, 11) is 0. The fourth-order valence-electron chi connectivity index (χ4n) is 1.55. The van der Waals surface area contributed by atoms with Crippen molar-refractivity contribution in [3.63, 3.8) is 0 Å². The zero-order valence-electron chi connectivity index (χ0n) is 11.3. The van der Waals surface area contributed by atoms with Crippen molar-refractivity contribution < 1.29 is 24.6 Å². The van der Waals surface area contributed by atoms with E-state index < -0.39 is 23.9 Å². The number of hydrogen-bond donors (Lipinski definition) is 4. The average Bonchev–Trinajstić information content (AvgIpc) is 2.35. The SMILES string of the molecule is CCC(C)C(=O)N[C@@H](CC(CCN)C(=O)O)C(=O)O. The lowest BCUT2D eigenvalue weighted by Gasteiger charge is -2.20. The number of hydrogen-bond acceptors (Lipinski definition) is 4. The Morgan fingerprint density at radius 3 is 2.16 bits per heavy atom. The van der Waals surface area contributed by atoms with E-state index in [4.69, 9.17) is 15.9 Å². The normalized spacial score (nSPS) is 15.3. The van der Waals surface area contributed by atoms with Gasteiger partial charge in [0.25, 0.3) is 0 Å². The minimum absolute atomic E-state index is 0.155. The summed E-state index contributed by atoms with van der Waals surface area (Å²) in [6.45, 7) is 3.65. The first kappa shape index (κ1) is 17.4. The van der Waals surface area contributed by atoms with Crippen LogP contribution in [0.5, 0.6) is 0 Å². The maximum Gasteiger partial charge on any atom is 0.326 e. The molecule has 1 amide bonds. The van der Waals surface area contributed by atoms with Gasteiger partial charge in [-0.3, -0.25) is 9.59 Å². The van der Waals surface area contributed by atoms with Crippen molar-refractivity contribution in [3.8, 4) is 0 Å². The molecule has 0 radical (unpaired) electrons. The van der Waals surface area contributed by atoms with E-state index in [0.29, 0.717) is 6.42 Å². The molecule has 0 spiro atoms. The first-order valence-electron chi connectivity index (χ1n) is 6.29. The van der Waals surface area contributed by atoms with Gasteiger partial charge in [0.05, 0.1) is 5.92 Å². The molecule has 3 atom stereocenters. The Hall–Kier alpha value is -1.63. The first-order chi connectivity index (χ1) is 8.83. The number of carbonyl (C=O) groups excluding carboxylic acids is 1. The summed E-state index contributed by atoms with van der Waals surface area (Å²) in [6.07, 6.45) is 0.603. The van der Waals surface area contributed by atoms with E-state index in [1.54, 1.807) is 6.92 Å². The third-order valence-corrected chi connectivity index (χ3v) is 3.06. The van der Waals surface area contributed by atoms with Gasteiger partial charge in [-0.1, -0.05) is 13.8 Å². The van der Waals surface area contributed by atoms with Gasteiger partial charge in [-0.2, -0.15) is 0 Å². The van der Waals surface area contributed by atoms with Gasteiger partial charge in [0.15, 0.2) is 0 Å². The van der Waals surface area contributed by atoms with Crippen LogP contribution in [0.4, 0.5) is 0 Å². The number of carbonyl (C=O) groups is 3. The van der Waals surface area contributed by atoms with Gasteiger partial charge < -0.3 is 21.3 Å². The van der Waals surface area contributed by atoms with Crippen molar-refractivity contribution >= 4 is 17.8 Å². The quantitative estimate of drug-likeness (QED) is 0.469. The van der Waals surface area contributed by atoms with Crippen molar-refractivity contribution in [3.05, 3.63) is 0 Å². The molecule has 0 aromatic rings. The molecule has 7 nitrogen and oxygen atoms in total. The van der Waals surface area contributed by atoms with Crippen LogP contribution in [-0.4, -0.2) is 40.6 Å². The highest BCUT2D eigenvalue weighted by atomic mass is 16.4. The van der Waals surface area contributed by atoms with E-state index in [-0.39, 0.29) is 31.2 Å².